The lowest BCUT2D eigenvalue weighted by atomic mass is 10.0. The highest BCUT2D eigenvalue weighted by atomic mass is 19.1. The van der Waals surface area contributed by atoms with Crippen LogP contribution < -0.4 is 4.90 Å². The quantitative estimate of drug-likeness (QED) is 0.634. The van der Waals surface area contributed by atoms with Crippen molar-refractivity contribution in [2.45, 2.75) is 46.2 Å². The van der Waals surface area contributed by atoms with Gasteiger partial charge in [-0.3, -0.25) is 4.90 Å². The third-order valence-electron chi connectivity index (χ3n) is 5.96. The van der Waals surface area contributed by atoms with Gasteiger partial charge in [-0.05, 0) is 68.3 Å². The van der Waals surface area contributed by atoms with Gasteiger partial charge in [-0.25, -0.2) is 9.07 Å². The van der Waals surface area contributed by atoms with Crippen LogP contribution >= 0.6 is 0 Å². The second-order valence-electron chi connectivity index (χ2n) is 9.36. The van der Waals surface area contributed by atoms with Crippen molar-refractivity contribution in [2.24, 2.45) is 0 Å². The maximum Gasteiger partial charge on any atom is 0.173 e. The van der Waals surface area contributed by atoms with Crippen molar-refractivity contribution < 1.29 is 4.39 Å². The number of benzene rings is 2. The standard InChI is InChI=1S/C24H31FN6/c1-17-10-11-18(2)21(16-17)29-12-14-30(15-13-29)22(19-8-6-7-9-20(19)25)23-26-27-28-31(23)24(3,4)5/h6-11,16,22H,12-15H2,1-5H3/t22-/m1/s1. The Kier molecular flexibility index (Phi) is 5.79. The molecule has 2 heterocycles. The van der Waals surface area contributed by atoms with Crippen molar-refractivity contribution in [3.8, 4) is 0 Å². The molecule has 1 atom stereocenters. The predicted molar refractivity (Wildman–Crippen MR) is 121 cm³/mol. The summed E-state index contributed by atoms with van der Waals surface area (Å²) in [6.07, 6.45) is 0. The Labute approximate surface area is 183 Å². The molecule has 1 aromatic heterocycles. The number of rotatable bonds is 4. The molecule has 4 rings (SSSR count). The molecule has 3 aromatic rings. The van der Waals surface area contributed by atoms with E-state index in [9.17, 15) is 4.39 Å². The van der Waals surface area contributed by atoms with Crippen molar-refractivity contribution in [1.82, 2.24) is 25.1 Å². The highest BCUT2D eigenvalue weighted by molar-refractivity contribution is 5.55. The topological polar surface area (TPSA) is 50.1 Å². The molecule has 0 saturated carbocycles. The minimum absolute atomic E-state index is 0.229. The van der Waals surface area contributed by atoms with Crippen LogP contribution in [0.4, 0.5) is 10.1 Å². The van der Waals surface area contributed by atoms with Crippen LogP contribution in [-0.2, 0) is 5.54 Å². The molecule has 31 heavy (non-hydrogen) atoms. The lowest BCUT2D eigenvalue weighted by Crippen LogP contribution is -2.49. The fourth-order valence-electron chi connectivity index (χ4n) is 4.32. The van der Waals surface area contributed by atoms with Gasteiger partial charge in [0.05, 0.1) is 5.54 Å². The molecule has 7 heteroatoms. The van der Waals surface area contributed by atoms with E-state index >= 15 is 0 Å². The van der Waals surface area contributed by atoms with Crippen molar-refractivity contribution in [3.05, 3.63) is 70.8 Å². The molecule has 0 amide bonds. The average molecular weight is 423 g/mol. The van der Waals surface area contributed by atoms with E-state index < -0.39 is 0 Å². The first kappa shape index (κ1) is 21.4. The van der Waals surface area contributed by atoms with E-state index in [1.165, 1.54) is 22.9 Å². The van der Waals surface area contributed by atoms with Crippen LogP contribution in [0, 0.1) is 19.7 Å². The molecule has 1 fully saturated rings. The summed E-state index contributed by atoms with van der Waals surface area (Å²) < 4.78 is 16.8. The summed E-state index contributed by atoms with van der Waals surface area (Å²) >= 11 is 0. The molecule has 0 aliphatic carbocycles. The average Bonchev–Trinajstić information content (AvgIpc) is 3.22. The van der Waals surface area contributed by atoms with Gasteiger partial charge in [0.1, 0.15) is 11.9 Å². The van der Waals surface area contributed by atoms with Crippen molar-refractivity contribution >= 4 is 5.69 Å². The van der Waals surface area contributed by atoms with Crippen LogP contribution in [0.5, 0.6) is 0 Å². The Morgan fingerprint density at radius 2 is 1.68 bits per heavy atom. The lowest BCUT2D eigenvalue weighted by molar-refractivity contribution is 0.188. The summed E-state index contributed by atoms with van der Waals surface area (Å²) in [6, 6.07) is 13.2. The number of hydrogen-bond acceptors (Lipinski definition) is 5. The maximum atomic E-state index is 14.9. The van der Waals surface area contributed by atoms with Gasteiger partial charge in [0.2, 0.25) is 0 Å². The zero-order valence-corrected chi connectivity index (χ0v) is 19.0. The van der Waals surface area contributed by atoms with E-state index in [-0.39, 0.29) is 17.4 Å². The highest BCUT2D eigenvalue weighted by Crippen LogP contribution is 2.33. The molecule has 0 spiro atoms. The third-order valence-corrected chi connectivity index (χ3v) is 5.96. The van der Waals surface area contributed by atoms with Gasteiger partial charge in [0, 0.05) is 37.4 Å². The molecule has 0 unspecified atom stereocenters. The number of tetrazole rings is 1. The molecular formula is C24H31FN6. The van der Waals surface area contributed by atoms with E-state index in [0.29, 0.717) is 11.4 Å². The van der Waals surface area contributed by atoms with E-state index in [2.05, 4.69) is 78.1 Å². The Bertz CT molecular complexity index is 1050. The third kappa shape index (κ3) is 4.32. The Morgan fingerprint density at radius 1 is 0.968 bits per heavy atom. The molecule has 1 aliphatic heterocycles. The Morgan fingerprint density at radius 3 is 2.35 bits per heavy atom. The molecule has 2 aromatic carbocycles. The number of anilines is 1. The molecule has 164 valence electrons. The lowest BCUT2D eigenvalue weighted by Gasteiger charge is -2.41. The fourth-order valence-corrected chi connectivity index (χ4v) is 4.32. The van der Waals surface area contributed by atoms with Gasteiger partial charge < -0.3 is 4.90 Å². The Balaban J connectivity index is 1.66. The van der Waals surface area contributed by atoms with Crippen LogP contribution in [0.3, 0.4) is 0 Å². The Hall–Kier alpha value is -2.80. The summed E-state index contributed by atoms with van der Waals surface area (Å²) in [7, 11) is 0. The summed E-state index contributed by atoms with van der Waals surface area (Å²) in [6.45, 7) is 13.8. The largest absolute Gasteiger partial charge is 0.369 e. The van der Waals surface area contributed by atoms with Crippen molar-refractivity contribution in [1.29, 1.82) is 0 Å². The van der Waals surface area contributed by atoms with E-state index in [0.717, 1.165) is 26.2 Å². The van der Waals surface area contributed by atoms with E-state index in [1.54, 1.807) is 6.07 Å². The van der Waals surface area contributed by atoms with Crippen LogP contribution in [0.15, 0.2) is 42.5 Å². The molecule has 0 bridgehead atoms. The monoisotopic (exact) mass is 422 g/mol. The van der Waals surface area contributed by atoms with Gasteiger partial charge in [0.15, 0.2) is 5.82 Å². The zero-order valence-electron chi connectivity index (χ0n) is 19.0. The second-order valence-corrected chi connectivity index (χ2v) is 9.36. The molecule has 0 radical (unpaired) electrons. The van der Waals surface area contributed by atoms with Gasteiger partial charge in [0.25, 0.3) is 0 Å². The summed E-state index contributed by atoms with van der Waals surface area (Å²) in [4.78, 5) is 4.72. The predicted octanol–water partition coefficient (Wildman–Crippen LogP) is 4.10. The maximum absolute atomic E-state index is 14.9. The van der Waals surface area contributed by atoms with Crippen LogP contribution in [0.1, 0.15) is 49.3 Å². The van der Waals surface area contributed by atoms with Gasteiger partial charge in [-0.2, -0.15) is 0 Å². The van der Waals surface area contributed by atoms with Crippen LogP contribution in [0.25, 0.3) is 0 Å². The number of piperazine rings is 1. The van der Waals surface area contributed by atoms with Gasteiger partial charge in [-0.15, -0.1) is 5.10 Å². The van der Waals surface area contributed by atoms with Crippen LogP contribution in [0.2, 0.25) is 0 Å². The van der Waals surface area contributed by atoms with Gasteiger partial charge in [-0.1, -0.05) is 30.3 Å². The molecule has 0 N–H and O–H groups in total. The number of aryl methyl sites for hydroxylation is 2. The molecular weight excluding hydrogens is 391 g/mol. The number of nitrogens with zero attached hydrogens (tertiary/aromatic N) is 6. The number of halogens is 1. The fraction of sp³-hybridized carbons (Fsp3) is 0.458. The normalized spacial score (nSPS) is 16.5. The number of hydrogen-bond donors (Lipinski definition) is 0. The SMILES string of the molecule is Cc1ccc(C)c(N2CCN([C@H](c3ccccc3F)c3nnnn3C(C)(C)C)CC2)c1. The van der Waals surface area contributed by atoms with Crippen molar-refractivity contribution in [3.63, 3.8) is 0 Å². The van der Waals surface area contributed by atoms with E-state index in [1.807, 2.05) is 16.8 Å². The number of aromatic nitrogens is 4. The first-order valence-electron chi connectivity index (χ1n) is 10.8. The summed E-state index contributed by atoms with van der Waals surface area (Å²) in [5.74, 6) is 0.450. The van der Waals surface area contributed by atoms with E-state index in [4.69, 9.17) is 0 Å². The van der Waals surface area contributed by atoms with Crippen molar-refractivity contribution in [2.75, 3.05) is 31.1 Å². The zero-order chi connectivity index (χ0) is 22.2. The summed E-state index contributed by atoms with van der Waals surface area (Å²) in [5.41, 5.74) is 4.13. The molecule has 1 saturated heterocycles. The molecule has 6 nitrogen and oxygen atoms in total. The second kappa shape index (κ2) is 8.38. The highest BCUT2D eigenvalue weighted by Gasteiger charge is 2.34. The smallest absolute Gasteiger partial charge is 0.173 e. The summed E-state index contributed by atoms with van der Waals surface area (Å²) in [5, 5.41) is 12.5. The first-order chi connectivity index (χ1) is 14.8. The molecule has 1 aliphatic rings. The minimum Gasteiger partial charge on any atom is -0.369 e. The van der Waals surface area contributed by atoms with Crippen LogP contribution in [-0.4, -0.2) is 51.3 Å². The first-order valence-corrected chi connectivity index (χ1v) is 10.8. The minimum atomic E-state index is -0.337. The van der Waals surface area contributed by atoms with Gasteiger partial charge >= 0.3 is 0 Å².